The number of aromatic nitrogens is 1. The summed E-state index contributed by atoms with van der Waals surface area (Å²) < 4.78 is 14.7. The van der Waals surface area contributed by atoms with Crippen LogP contribution in [0.25, 0.3) is 0 Å². The number of rotatable bonds is 6. The molecule has 5 nitrogen and oxygen atoms in total. The lowest BCUT2D eigenvalue weighted by Gasteiger charge is -2.10. The number of hydrogen-bond donors (Lipinski definition) is 1. The van der Waals surface area contributed by atoms with Gasteiger partial charge in [0.25, 0.3) is 11.7 Å². The van der Waals surface area contributed by atoms with Crippen LogP contribution in [0.1, 0.15) is 33.3 Å². The molecule has 27 heavy (non-hydrogen) atoms. The van der Waals surface area contributed by atoms with Gasteiger partial charge in [-0.25, -0.2) is 4.39 Å². The quantitative estimate of drug-likeness (QED) is 0.536. The van der Waals surface area contributed by atoms with Crippen molar-refractivity contribution < 1.29 is 18.8 Å². The number of nitrogens with one attached hydrogen (secondary N) is 1. The fourth-order valence-electron chi connectivity index (χ4n) is 2.66. The second-order valence-electron chi connectivity index (χ2n) is 6.07. The molecule has 0 radical (unpaired) electrons. The summed E-state index contributed by atoms with van der Waals surface area (Å²) in [6, 6.07) is 15.5. The van der Waals surface area contributed by atoms with Gasteiger partial charge in [0.1, 0.15) is 5.82 Å². The maximum absolute atomic E-state index is 13.0. The number of nitrogens with zero attached hydrogens (tertiary/aromatic N) is 1. The van der Waals surface area contributed by atoms with Crippen LogP contribution in [0.2, 0.25) is 0 Å². The summed E-state index contributed by atoms with van der Waals surface area (Å²) in [5.41, 5.74) is 1.84. The Labute approximate surface area is 155 Å². The van der Waals surface area contributed by atoms with Crippen molar-refractivity contribution in [3.05, 3.63) is 89.5 Å². The third-order valence-electron chi connectivity index (χ3n) is 4.06. The highest BCUT2D eigenvalue weighted by Crippen LogP contribution is 2.14. The van der Waals surface area contributed by atoms with Crippen LogP contribution < -0.4 is 5.32 Å². The van der Waals surface area contributed by atoms with Crippen molar-refractivity contribution in [2.24, 2.45) is 0 Å². The fourth-order valence-corrected chi connectivity index (χ4v) is 2.66. The Balaban J connectivity index is 1.75. The van der Waals surface area contributed by atoms with E-state index in [4.69, 9.17) is 0 Å². The van der Waals surface area contributed by atoms with Gasteiger partial charge in [-0.2, -0.15) is 0 Å². The average Bonchev–Trinajstić information content (AvgIpc) is 3.11. The van der Waals surface area contributed by atoms with E-state index in [1.165, 1.54) is 25.1 Å². The van der Waals surface area contributed by atoms with E-state index in [1.54, 1.807) is 53.2 Å². The Kier molecular flexibility index (Phi) is 5.26. The monoisotopic (exact) mass is 364 g/mol. The van der Waals surface area contributed by atoms with Gasteiger partial charge in [-0.05, 0) is 48.9 Å². The van der Waals surface area contributed by atoms with Gasteiger partial charge in [-0.1, -0.05) is 24.3 Å². The summed E-state index contributed by atoms with van der Waals surface area (Å²) in [4.78, 5) is 36.3. The van der Waals surface area contributed by atoms with E-state index in [9.17, 15) is 18.8 Å². The molecule has 0 aliphatic heterocycles. The summed E-state index contributed by atoms with van der Waals surface area (Å²) in [7, 11) is 0. The third-order valence-corrected chi connectivity index (χ3v) is 4.06. The maximum atomic E-state index is 13.0. The van der Waals surface area contributed by atoms with E-state index in [1.807, 2.05) is 0 Å². The molecular weight excluding hydrogens is 347 g/mol. The Morgan fingerprint density at radius 1 is 1.00 bits per heavy atom. The van der Waals surface area contributed by atoms with E-state index in [0.717, 1.165) is 5.56 Å². The second-order valence-corrected chi connectivity index (χ2v) is 6.07. The minimum atomic E-state index is -0.797. The van der Waals surface area contributed by atoms with Crippen LogP contribution in [-0.2, 0) is 11.3 Å². The summed E-state index contributed by atoms with van der Waals surface area (Å²) in [5.74, 6) is -1.97. The Bertz CT molecular complexity index is 1010. The van der Waals surface area contributed by atoms with Crippen molar-refractivity contribution in [1.29, 1.82) is 0 Å². The van der Waals surface area contributed by atoms with E-state index < -0.39 is 11.7 Å². The van der Waals surface area contributed by atoms with Crippen molar-refractivity contribution in [2.45, 2.75) is 13.5 Å². The van der Waals surface area contributed by atoms with Crippen molar-refractivity contribution in [3.63, 3.8) is 0 Å². The standard InChI is InChI=1S/C21H17FN2O3/c1-14(25)16-4-2-5-18(12-16)23-21(27)20(26)19-6-3-11-24(19)13-15-7-9-17(22)10-8-15/h2-12H,13H2,1H3,(H,23,27). The second kappa shape index (κ2) is 7.78. The summed E-state index contributed by atoms with van der Waals surface area (Å²) in [6.45, 7) is 1.76. The van der Waals surface area contributed by atoms with Crippen molar-refractivity contribution in [1.82, 2.24) is 4.57 Å². The molecule has 0 bridgehead atoms. The predicted molar refractivity (Wildman–Crippen MR) is 99.3 cm³/mol. The van der Waals surface area contributed by atoms with Crippen molar-refractivity contribution in [2.75, 3.05) is 5.32 Å². The lowest BCUT2D eigenvalue weighted by molar-refractivity contribution is -0.112. The Morgan fingerprint density at radius 3 is 2.44 bits per heavy atom. The van der Waals surface area contributed by atoms with Crippen molar-refractivity contribution in [3.8, 4) is 0 Å². The Hall–Kier alpha value is -3.54. The number of Topliss-reactive ketones (excluding diaryl/α,β-unsaturated/α-hetero) is 2. The molecule has 1 N–H and O–H groups in total. The molecule has 0 atom stereocenters. The zero-order valence-electron chi connectivity index (χ0n) is 14.6. The van der Waals surface area contributed by atoms with Crippen molar-refractivity contribution >= 4 is 23.2 Å². The molecule has 6 heteroatoms. The topological polar surface area (TPSA) is 68.2 Å². The van der Waals surface area contributed by atoms with E-state index in [0.29, 0.717) is 17.8 Å². The minimum absolute atomic E-state index is 0.134. The van der Waals surface area contributed by atoms with Gasteiger partial charge >= 0.3 is 0 Å². The highest BCUT2D eigenvalue weighted by atomic mass is 19.1. The number of hydrogen-bond acceptors (Lipinski definition) is 3. The zero-order valence-corrected chi connectivity index (χ0v) is 14.6. The molecule has 0 spiro atoms. The van der Waals surface area contributed by atoms with Crippen LogP contribution >= 0.6 is 0 Å². The zero-order chi connectivity index (χ0) is 19.4. The van der Waals surface area contributed by atoms with Crippen LogP contribution in [0.4, 0.5) is 10.1 Å². The lowest BCUT2D eigenvalue weighted by atomic mass is 10.1. The van der Waals surface area contributed by atoms with E-state index in [2.05, 4.69) is 5.32 Å². The lowest BCUT2D eigenvalue weighted by Crippen LogP contribution is -2.25. The largest absolute Gasteiger partial charge is 0.340 e. The first-order valence-electron chi connectivity index (χ1n) is 8.30. The molecule has 3 aromatic rings. The first kappa shape index (κ1) is 18.3. The van der Waals surface area contributed by atoms with Crippen LogP contribution in [0.3, 0.4) is 0 Å². The summed E-state index contributed by atoms with van der Waals surface area (Å²) >= 11 is 0. The van der Waals surface area contributed by atoms with Crippen LogP contribution in [0.5, 0.6) is 0 Å². The van der Waals surface area contributed by atoms with E-state index >= 15 is 0 Å². The first-order valence-corrected chi connectivity index (χ1v) is 8.30. The van der Waals surface area contributed by atoms with Gasteiger partial charge in [-0.3, -0.25) is 14.4 Å². The molecule has 0 fully saturated rings. The van der Waals surface area contributed by atoms with Crippen LogP contribution in [0.15, 0.2) is 66.9 Å². The highest BCUT2D eigenvalue weighted by Gasteiger charge is 2.20. The molecule has 136 valence electrons. The third kappa shape index (κ3) is 4.36. The molecule has 0 aliphatic carbocycles. The molecule has 3 rings (SSSR count). The van der Waals surface area contributed by atoms with Gasteiger partial charge < -0.3 is 9.88 Å². The molecular formula is C21H17FN2O3. The van der Waals surface area contributed by atoms with Gasteiger partial charge in [-0.15, -0.1) is 0 Å². The minimum Gasteiger partial charge on any atom is -0.340 e. The summed E-state index contributed by atoms with van der Waals surface area (Å²) in [6.07, 6.45) is 1.68. The molecule has 0 saturated carbocycles. The average molecular weight is 364 g/mol. The number of carbonyl (C=O) groups excluding carboxylic acids is 3. The molecule has 0 unspecified atom stereocenters. The highest BCUT2D eigenvalue weighted by molar-refractivity contribution is 6.46. The number of ketones is 2. The number of amides is 1. The Morgan fingerprint density at radius 2 is 1.74 bits per heavy atom. The molecule has 1 amide bonds. The normalized spacial score (nSPS) is 10.4. The first-order chi connectivity index (χ1) is 12.9. The number of carbonyl (C=O) groups is 3. The maximum Gasteiger partial charge on any atom is 0.298 e. The smallest absolute Gasteiger partial charge is 0.298 e. The fraction of sp³-hybridized carbons (Fsp3) is 0.0952. The summed E-state index contributed by atoms with van der Waals surface area (Å²) in [5, 5.41) is 2.52. The van der Waals surface area contributed by atoms with Gasteiger partial charge in [0.05, 0.1) is 5.69 Å². The molecule has 1 aromatic heterocycles. The van der Waals surface area contributed by atoms with Crippen LogP contribution in [0, 0.1) is 5.82 Å². The number of anilines is 1. The van der Waals surface area contributed by atoms with Gasteiger partial charge in [0.15, 0.2) is 5.78 Å². The van der Waals surface area contributed by atoms with E-state index in [-0.39, 0.29) is 17.3 Å². The molecule has 0 aliphatic rings. The molecule has 1 heterocycles. The van der Waals surface area contributed by atoms with Gasteiger partial charge in [0, 0.05) is 24.0 Å². The molecule has 0 saturated heterocycles. The SMILES string of the molecule is CC(=O)c1cccc(NC(=O)C(=O)c2cccn2Cc2ccc(F)cc2)c1. The molecule has 2 aromatic carbocycles. The number of halogens is 1. The number of benzene rings is 2. The van der Waals surface area contributed by atoms with Crippen LogP contribution in [-0.4, -0.2) is 22.0 Å². The van der Waals surface area contributed by atoms with Gasteiger partial charge in [0.2, 0.25) is 0 Å². The predicted octanol–water partition coefficient (Wildman–Crippen LogP) is 3.70.